The van der Waals surface area contributed by atoms with E-state index in [4.69, 9.17) is 4.74 Å². The van der Waals surface area contributed by atoms with Crippen molar-refractivity contribution in [2.24, 2.45) is 0 Å². The van der Waals surface area contributed by atoms with Crippen LogP contribution in [-0.4, -0.2) is 57.1 Å². The Labute approximate surface area is 202 Å². The molecule has 2 aromatic carbocycles. The number of rotatable bonds is 11. The molecule has 2 aromatic rings. The van der Waals surface area contributed by atoms with E-state index in [2.05, 4.69) is 5.32 Å². The van der Waals surface area contributed by atoms with Crippen molar-refractivity contribution in [1.82, 2.24) is 10.2 Å². The van der Waals surface area contributed by atoms with Gasteiger partial charge in [0.15, 0.2) is 0 Å². The van der Waals surface area contributed by atoms with Crippen LogP contribution in [-0.2, 0) is 26.2 Å². The van der Waals surface area contributed by atoms with Gasteiger partial charge in [-0.25, -0.2) is 8.42 Å². The molecule has 0 aliphatic carbocycles. The Morgan fingerprint density at radius 1 is 1.09 bits per heavy atom. The van der Waals surface area contributed by atoms with Gasteiger partial charge in [-0.1, -0.05) is 43.3 Å². The summed E-state index contributed by atoms with van der Waals surface area (Å²) < 4.78 is 31.9. The Morgan fingerprint density at radius 2 is 1.74 bits per heavy atom. The Kier molecular flexibility index (Phi) is 9.49. The number of hydrogen-bond donors (Lipinski definition) is 1. The van der Waals surface area contributed by atoms with Crippen LogP contribution in [0.2, 0.25) is 0 Å². The van der Waals surface area contributed by atoms with Gasteiger partial charge >= 0.3 is 0 Å². The van der Waals surface area contributed by atoms with Crippen molar-refractivity contribution in [3.63, 3.8) is 0 Å². The van der Waals surface area contributed by atoms with E-state index in [1.807, 2.05) is 58.0 Å². The van der Waals surface area contributed by atoms with E-state index in [-0.39, 0.29) is 24.2 Å². The zero-order valence-electron chi connectivity index (χ0n) is 20.7. The third kappa shape index (κ3) is 7.21. The first-order valence-electron chi connectivity index (χ1n) is 11.2. The van der Waals surface area contributed by atoms with E-state index in [0.717, 1.165) is 21.7 Å². The maximum absolute atomic E-state index is 13.7. The summed E-state index contributed by atoms with van der Waals surface area (Å²) in [5, 5.41) is 2.87. The lowest BCUT2D eigenvalue weighted by Crippen LogP contribution is -2.53. The van der Waals surface area contributed by atoms with Crippen molar-refractivity contribution in [2.75, 3.05) is 24.2 Å². The van der Waals surface area contributed by atoms with Crippen molar-refractivity contribution in [2.45, 2.75) is 52.7 Å². The van der Waals surface area contributed by atoms with Crippen LogP contribution in [0.15, 0.2) is 48.5 Å². The minimum Gasteiger partial charge on any atom is -0.495 e. The summed E-state index contributed by atoms with van der Waals surface area (Å²) in [5.41, 5.74) is 1.93. The number of amides is 2. The number of ether oxygens (including phenoxy) is 1. The SMILES string of the molecule is CCC(C(=O)NC(C)C)N(Cc1ccccc1)C(=O)CN(c1cc(C)ccc1OC)S(C)(=O)=O. The Morgan fingerprint density at radius 3 is 2.26 bits per heavy atom. The summed E-state index contributed by atoms with van der Waals surface area (Å²) in [7, 11) is -2.39. The third-order valence-electron chi connectivity index (χ3n) is 5.29. The first kappa shape index (κ1) is 27.2. The normalized spacial score (nSPS) is 12.2. The molecule has 0 saturated heterocycles. The highest BCUT2D eigenvalue weighted by molar-refractivity contribution is 7.92. The number of carbonyl (C=O) groups is 2. The predicted octanol–water partition coefficient (Wildman–Crippen LogP) is 3.10. The molecule has 9 heteroatoms. The standard InChI is InChI=1S/C25H35N3O5S/c1-7-21(25(30)26-18(2)3)27(16-20-11-9-8-10-12-20)24(29)17-28(34(6,31)32)22-15-19(4)13-14-23(22)33-5/h8-15,18,21H,7,16-17H2,1-6H3,(H,26,30). The number of nitrogens with zero attached hydrogens (tertiary/aromatic N) is 2. The van der Waals surface area contributed by atoms with Crippen molar-refractivity contribution < 1.29 is 22.7 Å². The van der Waals surface area contributed by atoms with Crippen molar-refractivity contribution in [1.29, 1.82) is 0 Å². The molecule has 34 heavy (non-hydrogen) atoms. The van der Waals surface area contributed by atoms with Crippen LogP contribution in [0.3, 0.4) is 0 Å². The molecule has 1 unspecified atom stereocenters. The quantitative estimate of drug-likeness (QED) is 0.523. The van der Waals surface area contributed by atoms with Gasteiger partial charge in [-0.3, -0.25) is 13.9 Å². The molecule has 186 valence electrons. The topological polar surface area (TPSA) is 96.0 Å². The fourth-order valence-corrected chi connectivity index (χ4v) is 4.51. The maximum atomic E-state index is 13.7. The zero-order chi connectivity index (χ0) is 25.5. The van der Waals surface area contributed by atoms with Gasteiger partial charge in [0.05, 0.1) is 19.1 Å². The second-order valence-corrected chi connectivity index (χ2v) is 10.4. The van der Waals surface area contributed by atoms with E-state index in [1.165, 1.54) is 12.0 Å². The lowest BCUT2D eigenvalue weighted by atomic mass is 10.1. The summed E-state index contributed by atoms with van der Waals surface area (Å²) >= 11 is 0. The Bertz CT molecular complexity index is 1090. The molecule has 0 aromatic heterocycles. The van der Waals surface area contributed by atoms with Gasteiger partial charge in [0, 0.05) is 12.6 Å². The molecule has 0 bridgehead atoms. The monoisotopic (exact) mass is 489 g/mol. The number of sulfonamides is 1. The largest absolute Gasteiger partial charge is 0.495 e. The summed E-state index contributed by atoms with van der Waals surface area (Å²) in [5.74, 6) is -0.424. The van der Waals surface area contributed by atoms with Crippen molar-refractivity contribution in [3.05, 3.63) is 59.7 Å². The van der Waals surface area contributed by atoms with Gasteiger partial charge in [-0.05, 0) is 50.5 Å². The molecule has 1 N–H and O–H groups in total. The second-order valence-electron chi connectivity index (χ2n) is 8.54. The molecule has 0 radical (unpaired) electrons. The maximum Gasteiger partial charge on any atom is 0.244 e. The zero-order valence-corrected chi connectivity index (χ0v) is 21.6. The summed E-state index contributed by atoms with van der Waals surface area (Å²) in [4.78, 5) is 28.1. The van der Waals surface area contributed by atoms with E-state index >= 15 is 0 Å². The first-order valence-corrected chi connectivity index (χ1v) is 13.1. The molecule has 8 nitrogen and oxygen atoms in total. The number of aryl methyl sites for hydroxylation is 1. The molecule has 1 atom stereocenters. The average Bonchev–Trinajstić information content (AvgIpc) is 2.76. The van der Waals surface area contributed by atoms with E-state index in [1.54, 1.807) is 18.2 Å². The average molecular weight is 490 g/mol. The van der Waals surface area contributed by atoms with Gasteiger partial charge < -0.3 is 15.0 Å². The molecule has 0 aliphatic heterocycles. The number of anilines is 1. The summed E-state index contributed by atoms with van der Waals surface area (Å²) in [6.45, 7) is 7.07. The molecular weight excluding hydrogens is 454 g/mol. The molecular formula is C25H35N3O5S. The summed E-state index contributed by atoms with van der Waals surface area (Å²) in [6.07, 6.45) is 1.43. The van der Waals surface area contributed by atoms with Crippen molar-refractivity contribution in [3.8, 4) is 5.75 Å². The fourth-order valence-electron chi connectivity index (χ4n) is 3.67. The lowest BCUT2D eigenvalue weighted by molar-refractivity contribution is -0.140. The number of hydrogen-bond acceptors (Lipinski definition) is 5. The van der Waals surface area contributed by atoms with Gasteiger partial charge in [-0.15, -0.1) is 0 Å². The van der Waals surface area contributed by atoms with E-state index < -0.39 is 28.5 Å². The van der Waals surface area contributed by atoms with Crippen LogP contribution in [0, 0.1) is 6.92 Å². The van der Waals surface area contributed by atoms with Crippen LogP contribution in [0.1, 0.15) is 38.3 Å². The minimum atomic E-state index is -3.84. The fraction of sp³-hybridized carbons (Fsp3) is 0.440. The molecule has 0 fully saturated rings. The van der Waals surface area contributed by atoms with Crippen LogP contribution in [0.4, 0.5) is 5.69 Å². The van der Waals surface area contributed by atoms with Gasteiger partial charge in [0.25, 0.3) is 0 Å². The highest BCUT2D eigenvalue weighted by Crippen LogP contribution is 2.31. The summed E-state index contributed by atoms with van der Waals surface area (Å²) in [6, 6.07) is 13.6. The Balaban J connectivity index is 2.49. The van der Waals surface area contributed by atoms with Crippen LogP contribution in [0.5, 0.6) is 5.75 Å². The highest BCUT2D eigenvalue weighted by Gasteiger charge is 2.32. The smallest absolute Gasteiger partial charge is 0.244 e. The number of methoxy groups -OCH3 is 1. The number of nitrogens with one attached hydrogen (secondary N) is 1. The van der Waals surface area contributed by atoms with Gasteiger partial charge in [0.2, 0.25) is 21.8 Å². The van der Waals surface area contributed by atoms with Crippen LogP contribution >= 0.6 is 0 Å². The van der Waals surface area contributed by atoms with E-state index in [9.17, 15) is 18.0 Å². The Hall–Kier alpha value is -3.07. The van der Waals surface area contributed by atoms with Crippen LogP contribution < -0.4 is 14.4 Å². The number of carbonyl (C=O) groups excluding carboxylic acids is 2. The molecule has 0 heterocycles. The molecule has 0 aliphatic rings. The molecule has 2 rings (SSSR count). The van der Waals surface area contributed by atoms with Gasteiger partial charge in [-0.2, -0.15) is 0 Å². The highest BCUT2D eigenvalue weighted by atomic mass is 32.2. The first-order chi connectivity index (χ1) is 16.0. The minimum absolute atomic E-state index is 0.0979. The number of benzene rings is 2. The predicted molar refractivity (Wildman–Crippen MR) is 134 cm³/mol. The second kappa shape index (κ2) is 11.9. The van der Waals surface area contributed by atoms with Crippen molar-refractivity contribution >= 4 is 27.5 Å². The molecule has 2 amide bonds. The van der Waals surface area contributed by atoms with Crippen LogP contribution in [0.25, 0.3) is 0 Å². The molecule has 0 spiro atoms. The van der Waals surface area contributed by atoms with E-state index in [0.29, 0.717) is 12.2 Å². The third-order valence-corrected chi connectivity index (χ3v) is 6.42. The van der Waals surface area contributed by atoms with Gasteiger partial charge in [0.1, 0.15) is 18.3 Å². The lowest BCUT2D eigenvalue weighted by Gasteiger charge is -2.33. The molecule has 0 saturated carbocycles.